The van der Waals surface area contributed by atoms with Crippen molar-refractivity contribution in [2.45, 2.75) is 32.6 Å². The van der Waals surface area contributed by atoms with E-state index in [1.165, 1.54) is 5.56 Å². The van der Waals surface area contributed by atoms with E-state index in [0.717, 1.165) is 38.9 Å². The van der Waals surface area contributed by atoms with Crippen LogP contribution in [0.5, 0.6) is 0 Å². The summed E-state index contributed by atoms with van der Waals surface area (Å²) in [7, 11) is 0. The summed E-state index contributed by atoms with van der Waals surface area (Å²) in [6.07, 6.45) is 8.87. The topological polar surface area (TPSA) is 9.23 Å². The maximum atomic E-state index is 5.58. The van der Waals surface area contributed by atoms with Crippen LogP contribution in [0, 0.1) is 0 Å². The van der Waals surface area contributed by atoms with Gasteiger partial charge in [0.1, 0.15) is 0 Å². The monoisotopic (exact) mass is 218 g/mol. The first-order valence-electron chi connectivity index (χ1n) is 6.20. The second-order valence-electron chi connectivity index (χ2n) is 3.87. The molecular formula is C15H22O. The lowest BCUT2D eigenvalue weighted by Gasteiger charge is -2.03. The Hall–Kier alpha value is -1.08. The Morgan fingerprint density at radius 2 is 1.88 bits per heavy atom. The molecule has 0 saturated heterocycles. The fourth-order valence-corrected chi connectivity index (χ4v) is 1.52. The molecule has 1 aromatic rings. The Kier molecular flexibility index (Phi) is 7.44. The third-order valence-electron chi connectivity index (χ3n) is 2.44. The summed E-state index contributed by atoms with van der Waals surface area (Å²) in [5.74, 6) is 0. The fourth-order valence-electron chi connectivity index (χ4n) is 1.52. The standard InChI is InChI=1S/C15H22O/c1-2-3-4-5-9-13-16-14-12-15-10-7-6-8-11-15/h3-4,6-8,10-11H,2,5,9,12-14H2,1H3. The van der Waals surface area contributed by atoms with Gasteiger partial charge in [0.05, 0.1) is 6.61 Å². The summed E-state index contributed by atoms with van der Waals surface area (Å²) >= 11 is 0. The van der Waals surface area contributed by atoms with E-state index in [0.29, 0.717) is 0 Å². The largest absolute Gasteiger partial charge is 0.381 e. The lowest BCUT2D eigenvalue weighted by Crippen LogP contribution is -1.99. The van der Waals surface area contributed by atoms with Gasteiger partial charge in [-0.3, -0.25) is 0 Å². The van der Waals surface area contributed by atoms with Crippen LogP contribution >= 0.6 is 0 Å². The minimum atomic E-state index is 0.835. The molecular weight excluding hydrogens is 196 g/mol. The van der Waals surface area contributed by atoms with Crippen LogP contribution in [0.3, 0.4) is 0 Å². The Bertz CT molecular complexity index is 277. The van der Waals surface area contributed by atoms with Crippen LogP contribution in [-0.2, 0) is 11.2 Å². The van der Waals surface area contributed by atoms with E-state index in [1.807, 2.05) is 6.07 Å². The van der Waals surface area contributed by atoms with E-state index in [9.17, 15) is 0 Å². The molecule has 0 amide bonds. The number of hydrogen-bond acceptors (Lipinski definition) is 1. The molecule has 1 rings (SSSR count). The molecule has 0 saturated carbocycles. The van der Waals surface area contributed by atoms with Gasteiger partial charge in [-0.1, -0.05) is 49.4 Å². The average molecular weight is 218 g/mol. The highest BCUT2D eigenvalue weighted by atomic mass is 16.5. The molecule has 0 fully saturated rings. The average Bonchev–Trinajstić information content (AvgIpc) is 2.34. The number of allylic oxidation sites excluding steroid dienone is 2. The van der Waals surface area contributed by atoms with Crippen LogP contribution in [-0.4, -0.2) is 13.2 Å². The van der Waals surface area contributed by atoms with E-state index in [2.05, 4.69) is 43.3 Å². The summed E-state index contributed by atoms with van der Waals surface area (Å²) < 4.78 is 5.58. The summed E-state index contributed by atoms with van der Waals surface area (Å²) in [5, 5.41) is 0. The van der Waals surface area contributed by atoms with E-state index in [4.69, 9.17) is 4.74 Å². The SMILES string of the molecule is CCC=CCCCOCCc1ccccc1. The molecule has 0 aliphatic rings. The van der Waals surface area contributed by atoms with Crippen LogP contribution < -0.4 is 0 Å². The highest BCUT2D eigenvalue weighted by molar-refractivity contribution is 5.14. The molecule has 0 aliphatic heterocycles. The van der Waals surface area contributed by atoms with Gasteiger partial charge in [-0.05, 0) is 31.2 Å². The van der Waals surface area contributed by atoms with Gasteiger partial charge in [0, 0.05) is 6.61 Å². The predicted molar refractivity (Wildman–Crippen MR) is 69.6 cm³/mol. The van der Waals surface area contributed by atoms with Gasteiger partial charge in [0.2, 0.25) is 0 Å². The fraction of sp³-hybridized carbons (Fsp3) is 0.467. The van der Waals surface area contributed by atoms with Crippen LogP contribution in [0.25, 0.3) is 0 Å². The molecule has 88 valence electrons. The molecule has 0 radical (unpaired) electrons. The predicted octanol–water partition coefficient (Wildman–Crippen LogP) is 3.99. The molecule has 0 aliphatic carbocycles. The van der Waals surface area contributed by atoms with Crippen molar-refractivity contribution in [1.82, 2.24) is 0 Å². The first-order valence-corrected chi connectivity index (χ1v) is 6.20. The van der Waals surface area contributed by atoms with E-state index < -0.39 is 0 Å². The first-order chi connectivity index (χ1) is 7.93. The maximum Gasteiger partial charge on any atom is 0.0506 e. The van der Waals surface area contributed by atoms with Crippen molar-refractivity contribution in [3.63, 3.8) is 0 Å². The van der Waals surface area contributed by atoms with Gasteiger partial charge >= 0.3 is 0 Å². The molecule has 16 heavy (non-hydrogen) atoms. The molecule has 0 bridgehead atoms. The van der Waals surface area contributed by atoms with Crippen molar-refractivity contribution >= 4 is 0 Å². The summed E-state index contributed by atoms with van der Waals surface area (Å²) in [4.78, 5) is 0. The van der Waals surface area contributed by atoms with Gasteiger partial charge in [-0.2, -0.15) is 0 Å². The molecule has 0 spiro atoms. The molecule has 0 aromatic heterocycles. The van der Waals surface area contributed by atoms with Crippen molar-refractivity contribution in [3.8, 4) is 0 Å². The van der Waals surface area contributed by atoms with Gasteiger partial charge < -0.3 is 4.74 Å². The quantitative estimate of drug-likeness (QED) is 0.473. The lowest BCUT2D eigenvalue weighted by atomic mass is 10.2. The van der Waals surface area contributed by atoms with Crippen molar-refractivity contribution in [2.75, 3.05) is 13.2 Å². The molecule has 0 heterocycles. The van der Waals surface area contributed by atoms with E-state index in [1.54, 1.807) is 0 Å². The van der Waals surface area contributed by atoms with Gasteiger partial charge in [-0.25, -0.2) is 0 Å². The number of hydrogen-bond donors (Lipinski definition) is 0. The smallest absolute Gasteiger partial charge is 0.0506 e. The minimum absolute atomic E-state index is 0.835. The Morgan fingerprint density at radius 1 is 1.06 bits per heavy atom. The van der Waals surface area contributed by atoms with Crippen molar-refractivity contribution in [2.24, 2.45) is 0 Å². The molecule has 0 N–H and O–H groups in total. The maximum absolute atomic E-state index is 5.58. The second-order valence-corrected chi connectivity index (χ2v) is 3.87. The number of ether oxygens (including phenoxy) is 1. The van der Waals surface area contributed by atoms with E-state index in [-0.39, 0.29) is 0 Å². The summed E-state index contributed by atoms with van der Waals surface area (Å²) in [6, 6.07) is 10.5. The molecule has 1 aromatic carbocycles. The third-order valence-corrected chi connectivity index (χ3v) is 2.44. The molecule has 0 unspecified atom stereocenters. The Balaban J connectivity index is 1.94. The second kappa shape index (κ2) is 9.17. The summed E-state index contributed by atoms with van der Waals surface area (Å²) in [6.45, 7) is 3.87. The van der Waals surface area contributed by atoms with Crippen LogP contribution in [0.15, 0.2) is 42.5 Å². The van der Waals surface area contributed by atoms with Gasteiger partial charge in [0.15, 0.2) is 0 Å². The Labute approximate surface area is 99.1 Å². The van der Waals surface area contributed by atoms with E-state index >= 15 is 0 Å². The molecule has 0 atom stereocenters. The highest BCUT2D eigenvalue weighted by Crippen LogP contribution is 2.00. The van der Waals surface area contributed by atoms with Gasteiger partial charge in [0.25, 0.3) is 0 Å². The number of benzene rings is 1. The number of unbranched alkanes of at least 4 members (excludes halogenated alkanes) is 1. The highest BCUT2D eigenvalue weighted by Gasteiger charge is 1.91. The van der Waals surface area contributed by atoms with Crippen molar-refractivity contribution in [3.05, 3.63) is 48.0 Å². The number of rotatable bonds is 8. The normalized spacial score (nSPS) is 11.1. The van der Waals surface area contributed by atoms with Crippen molar-refractivity contribution < 1.29 is 4.74 Å². The first kappa shape index (κ1) is 13.0. The summed E-state index contributed by atoms with van der Waals surface area (Å²) in [5.41, 5.74) is 1.35. The lowest BCUT2D eigenvalue weighted by molar-refractivity contribution is 0.135. The zero-order valence-electron chi connectivity index (χ0n) is 10.2. The minimum Gasteiger partial charge on any atom is -0.381 e. The van der Waals surface area contributed by atoms with Crippen LogP contribution in [0.2, 0.25) is 0 Å². The third kappa shape index (κ3) is 6.41. The zero-order valence-corrected chi connectivity index (χ0v) is 10.2. The van der Waals surface area contributed by atoms with Crippen LogP contribution in [0.1, 0.15) is 31.7 Å². The van der Waals surface area contributed by atoms with Crippen molar-refractivity contribution in [1.29, 1.82) is 0 Å². The zero-order chi connectivity index (χ0) is 11.5. The van der Waals surface area contributed by atoms with Gasteiger partial charge in [-0.15, -0.1) is 0 Å². The molecule has 1 nitrogen and oxygen atoms in total. The molecule has 1 heteroatoms. The van der Waals surface area contributed by atoms with Crippen LogP contribution in [0.4, 0.5) is 0 Å². The Morgan fingerprint density at radius 3 is 2.62 bits per heavy atom.